The van der Waals surface area contributed by atoms with Gasteiger partial charge in [-0.25, -0.2) is 9.78 Å². The summed E-state index contributed by atoms with van der Waals surface area (Å²) in [4.78, 5) is 15.7. The van der Waals surface area contributed by atoms with E-state index in [4.69, 9.17) is 9.84 Å². The summed E-state index contributed by atoms with van der Waals surface area (Å²) in [6, 6.07) is 7.74. The topological polar surface area (TPSA) is 63.8 Å². The average Bonchev–Trinajstić information content (AvgIpc) is 2.99. The SMILES string of the molecule is CC(C)Oc1ccc(-c2csc3nc(C(=O)O)cn23)cc1. The van der Waals surface area contributed by atoms with Crippen molar-refractivity contribution in [1.82, 2.24) is 9.38 Å². The van der Waals surface area contributed by atoms with E-state index in [1.807, 2.05) is 43.5 Å². The van der Waals surface area contributed by atoms with Crippen LogP contribution in [0.25, 0.3) is 16.2 Å². The standard InChI is InChI=1S/C15H14N2O3S/c1-9(2)20-11-5-3-10(4-6-11)13-8-21-15-16-12(14(18)19)7-17(13)15/h3-9H,1-2H3,(H,18,19). The maximum absolute atomic E-state index is 11.0. The third kappa shape index (κ3) is 2.62. The lowest BCUT2D eigenvalue weighted by Gasteiger charge is -2.09. The summed E-state index contributed by atoms with van der Waals surface area (Å²) >= 11 is 1.42. The number of aromatic carboxylic acids is 1. The van der Waals surface area contributed by atoms with Crippen LogP contribution >= 0.6 is 11.3 Å². The Morgan fingerprint density at radius 3 is 2.67 bits per heavy atom. The Labute approximate surface area is 125 Å². The minimum Gasteiger partial charge on any atom is -0.491 e. The van der Waals surface area contributed by atoms with E-state index in [2.05, 4.69) is 4.98 Å². The lowest BCUT2D eigenvalue weighted by atomic mass is 10.1. The number of hydrogen-bond donors (Lipinski definition) is 1. The minimum absolute atomic E-state index is 0.0582. The summed E-state index contributed by atoms with van der Waals surface area (Å²) in [5.74, 6) is -0.199. The number of thiazole rings is 1. The molecule has 3 aromatic rings. The highest BCUT2D eigenvalue weighted by atomic mass is 32.1. The van der Waals surface area contributed by atoms with Crippen LogP contribution in [0.1, 0.15) is 24.3 Å². The molecule has 0 aliphatic carbocycles. The van der Waals surface area contributed by atoms with Crippen molar-refractivity contribution < 1.29 is 14.6 Å². The van der Waals surface area contributed by atoms with Crippen molar-refractivity contribution in [3.05, 3.63) is 41.5 Å². The van der Waals surface area contributed by atoms with Gasteiger partial charge >= 0.3 is 5.97 Å². The molecule has 0 aliphatic rings. The van der Waals surface area contributed by atoms with E-state index in [-0.39, 0.29) is 11.8 Å². The number of carboxylic acid groups (broad SMARTS) is 1. The summed E-state index contributed by atoms with van der Waals surface area (Å²) in [7, 11) is 0. The van der Waals surface area contributed by atoms with Crippen molar-refractivity contribution >= 4 is 22.3 Å². The Kier molecular flexibility index (Phi) is 3.39. The maximum atomic E-state index is 11.0. The number of aromatic nitrogens is 2. The normalized spacial score (nSPS) is 11.2. The van der Waals surface area contributed by atoms with Gasteiger partial charge in [0.25, 0.3) is 0 Å². The average molecular weight is 302 g/mol. The third-order valence-electron chi connectivity index (χ3n) is 2.95. The van der Waals surface area contributed by atoms with E-state index >= 15 is 0 Å². The number of ether oxygens (including phenoxy) is 1. The smallest absolute Gasteiger partial charge is 0.356 e. The van der Waals surface area contributed by atoms with Crippen LogP contribution in [0, 0.1) is 0 Å². The molecule has 5 nitrogen and oxygen atoms in total. The second-order valence-electron chi connectivity index (χ2n) is 4.90. The minimum atomic E-state index is -1.02. The van der Waals surface area contributed by atoms with Gasteiger partial charge in [-0.3, -0.25) is 4.40 Å². The lowest BCUT2D eigenvalue weighted by molar-refractivity contribution is 0.0691. The van der Waals surface area contributed by atoms with Gasteiger partial charge in [0.2, 0.25) is 0 Å². The quantitative estimate of drug-likeness (QED) is 0.800. The van der Waals surface area contributed by atoms with Crippen LogP contribution in [-0.2, 0) is 0 Å². The Bertz CT molecular complexity index is 787. The van der Waals surface area contributed by atoms with E-state index in [0.717, 1.165) is 17.0 Å². The molecule has 0 saturated heterocycles. The van der Waals surface area contributed by atoms with Crippen molar-refractivity contribution in [1.29, 1.82) is 0 Å². The monoisotopic (exact) mass is 302 g/mol. The van der Waals surface area contributed by atoms with Crippen LogP contribution in [0.5, 0.6) is 5.75 Å². The number of imidazole rings is 1. The van der Waals surface area contributed by atoms with Gasteiger partial charge in [-0.05, 0) is 43.7 Å². The van der Waals surface area contributed by atoms with Gasteiger partial charge < -0.3 is 9.84 Å². The van der Waals surface area contributed by atoms with Gasteiger partial charge in [0.05, 0.1) is 11.8 Å². The molecular formula is C15H14N2O3S. The zero-order chi connectivity index (χ0) is 15.0. The van der Waals surface area contributed by atoms with Crippen LogP contribution in [0.2, 0.25) is 0 Å². The molecule has 0 bridgehead atoms. The molecule has 1 aromatic carbocycles. The zero-order valence-electron chi connectivity index (χ0n) is 11.6. The van der Waals surface area contributed by atoms with Gasteiger partial charge in [0.1, 0.15) is 5.75 Å². The molecule has 0 unspecified atom stereocenters. The van der Waals surface area contributed by atoms with E-state index in [1.54, 1.807) is 10.6 Å². The van der Waals surface area contributed by atoms with Crippen molar-refractivity contribution in [2.24, 2.45) is 0 Å². The maximum Gasteiger partial charge on any atom is 0.356 e. The first-order chi connectivity index (χ1) is 10.0. The van der Waals surface area contributed by atoms with Crippen molar-refractivity contribution in [3.63, 3.8) is 0 Å². The van der Waals surface area contributed by atoms with Crippen LogP contribution in [0.3, 0.4) is 0 Å². The van der Waals surface area contributed by atoms with E-state index in [0.29, 0.717) is 4.96 Å². The molecular weight excluding hydrogens is 288 g/mol. The highest BCUT2D eigenvalue weighted by Crippen LogP contribution is 2.28. The molecule has 0 atom stereocenters. The molecule has 6 heteroatoms. The Hall–Kier alpha value is -2.34. The highest BCUT2D eigenvalue weighted by molar-refractivity contribution is 7.15. The molecule has 21 heavy (non-hydrogen) atoms. The third-order valence-corrected chi connectivity index (χ3v) is 3.79. The summed E-state index contributed by atoms with van der Waals surface area (Å²) in [5.41, 5.74) is 1.97. The number of carboxylic acids is 1. The van der Waals surface area contributed by atoms with Crippen LogP contribution < -0.4 is 4.74 Å². The van der Waals surface area contributed by atoms with E-state index < -0.39 is 5.97 Å². The first kappa shape index (κ1) is 13.6. The van der Waals surface area contributed by atoms with Gasteiger partial charge in [0.15, 0.2) is 10.7 Å². The van der Waals surface area contributed by atoms with Crippen LogP contribution in [-0.4, -0.2) is 26.6 Å². The Balaban J connectivity index is 1.98. The molecule has 2 heterocycles. The Morgan fingerprint density at radius 2 is 2.05 bits per heavy atom. The fraction of sp³-hybridized carbons (Fsp3) is 0.200. The number of nitrogens with zero attached hydrogens (tertiary/aromatic N) is 2. The number of carbonyl (C=O) groups is 1. The summed E-state index contributed by atoms with van der Waals surface area (Å²) < 4.78 is 7.41. The van der Waals surface area contributed by atoms with Crippen molar-refractivity contribution in [3.8, 4) is 17.0 Å². The molecule has 0 saturated carbocycles. The second kappa shape index (κ2) is 5.21. The highest BCUT2D eigenvalue weighted by Gasteiger charge is 2.13. The fourth-order valence-corrected chi connectivity index (χ4v) is 2.95. The first-order valence-electron chi connectivity index (χ1n) is 6.51. The van der Waals surface area contributed by atoms with Gasteiger partial charge in [-0.1, -0.05) is 0 Å². The van der Waals surface area contributed by atoms with Crippen LogP contribution in [0.15, 0.2) is 35.8 Å². The van der Waals surface area contributed by atoms with Crippen molar-refractivity contribution in [2.45, 2.75) is 20.0 Å². The number of rotatable bonds is 4. The number of benzene rings is 1. The summed E-state index contributed by atoms with van der Waals surface area (Å²) in [6.07, 6.45) is 1.68. The molecule has 0 fully saturated rings. The largest absolute Gasteiger partial charge is 0.491 e. The van der Waals surface area contributed by atoms with E-state index in [9.17, 15) is 4.79 Å². The molecule has 0 aliphatic heterocycles. The molecule has 3 rings (SSSR count). The predicted molar refractivity (Wildman–Crippen MR) is 81.2 cm³/mol. The predicted octanol–water partition coefficient (Wildman–Crippen LogP) is 3.55. The molecule has 108 valence electrons. The Morgan fingerprint density at radius 1 is 1.33 bits per heavy atom. The molecule has 0 amide bonds. The molecule has 0 radical (unpaired) electrons. The summed E-state index contributed by atoms with van der Waals surface area (Å²) in [6.45, 7) is 3.96. The van der Waals surface area contributed by atoms with E-state index in [1.165, 1.54) is 11.3 Å². The molecule has 0 spiro atoms. The first-order valence-corrected chi connectivity index (χ1v) is 7.39. The van der Waals surface area contributed by atoms with Gasteiger partial charge in [-0.15, -0.1) is 11.3 Å². The fourth-order valence-electron chi connectivity index (χ4n) is 2.07. The lowest BCUT2D eigenvalue weighted by Crippen LogP contribution is -2.05. The molecule has 2 aromatic heterocycles. The van der Waals surface area contributed by atoms with Gasteiger partial charge in [-0.2, -0.15) is 0 Å². The second-order valence-corrected chi connectivity index (χ2v) is 5.73. The number of fused-ring (bicyclic) bond motifs is 1. The summed E-state index contributed by atoms with van der Waals surface area (Å²) in [5, 5.41) is 11.0. The zero-order valence-corrected chi connectivity index (χ0v) is 12.4. The molecule has 1 N–H and O–H groups in total. The number of hydrogen-bond acceptors (Lipinski definition) is 4. The van der Waals surface area contributed by atoms with Crippen LogP contribution in [0.4, 0.5) is 0 Å². The van der Waals surface area contributed by atoms with Gasteiger partial charge in [0, 0.05) is 11.6 Å². The van der Waals surface area contributed by atoms with Crippen molar-refractivity contribution in [2.75, 3.05) is 0 Å².